The van der Waals surface area contributed by atoms with Crippen LogP contribution in [0.15, 0.2) is 24.3 Å². The molecule has 0 saturated carbocycles. The van der Waals surface area contributed by atoms with E-state index in [4.69, 9.17) is 4.74 Å². The first-order chi connectivity index (χ1) is 11.1. The van der Waals surface area contributed by atoms with Crippen LogP contribution in [-0.4, -0.2) is 79.5 Å². The molecule has 0 fully saturated rings. The minimum absolute atomic E-state index is 0.108. The summed E-state index contributed by atoms with van der Waals surface area (Å²) in [6.07, 6.45) is 0. The van der Waals surface area contributed by atoms with Gasteiger partial charge in [-0.1, -0.05) is 0 Å². The Morgan fingerprint density at radius 3 is 1.88 bits per heavy atom. The summed E-state index contributed by atoms with van der Waals surface area (Å²) in [5.74, 6) is 0.757. The van der Waals surface area contributed by atoms with E-state index >= 15 is 0 Å². The van der Waals surface area contributed by atoms with E-state index in [1.54, 1.807) is 31.2 Å². The van der Waals surface area contributed by atoms with Crippen molar-refractivity contribution in [3.8, 4) is 5.75 Å². The molecular formula is C20H36N2O3+2. The highest BCUT2D eigenvalue weighted by molar-refractivity contribution is 5.97. The molecule has 1 aromatic rings. The molecule has 1 atom stereocenters. The monoisotopic (exact) mass is 352 g/mol. The molecule has 0 amide bonds. The van der Waals surface area contributed by atoms with Crippen LogP contribution in [0.3, 0.4) is 0 Å². The molecule has 1 aromatic carbocycles. The predicted octanol–water partition coefficient (Wildman–Crippen LogP) is 2.54. The van der Waals surface area contributed by atoms with Crippen molar-refractivity contribution >= 4 is 5.78 Å². The van der Waals surface area contributed by atoms with Crippen molar-refractivity contribution in [1.82, 2.24) is 0 Å². The number of Topliss-reactive ketones (excluding diaryl/α,β-unsaturated/α-hetero) is 1. The van der Waals surface area contributed by atoms with Gasteiger partial charge in [0.25, 0.3) is 0 Å². The number of hydrogen-bond acceptors (Lipinski definition) is 3. The van der Waals surface area contributed by atoms with Crippen LogP contribution in [0.1, 0.15) is 38.1 Å². The van der Waals surface area contributed by atoms with Gasteiger partial charge in [-0.2, -0.15) is 0 Å². The number of nitrogens with zero attached hydrogens (tertiary/aromatic N) is 2. The van der Waals surface area contributed by atoms with Crippen molar-refractivity contribution in [3.05, 3.63) is 29.8 Å². The highest BCUT2D eigenvalue weighted by Crippen LogP contribution is 2.30. The van der Waals surface area contributed by atoms with Crippen molar-refractivity contribution in [2.75, 3.05) is 48.4 Å². The molecule has 0 saturated heterocycles. The lowest BCUT2D eigenvalue weighted by Crippen LogP contribution is -2.68. The first kappa shape index (κ1) is 21.6. The smallest absolute Gasteiger partial charge is 0.232 e. The summed E-state index contributed by atoms with van der Waals surface area (Å²) in [6, 6.07) is 7.14. The van der Waals surface area contributed by atoms with Crippen molar-refractivity contribution in [3.63, 3.8) is 0 Å². The van der Waals surface area contributed by atoms with Gasteiger partial charge in [0.2, 0.25) is 11.5 Å². The Bertz CT molecular complexity index is 591. The van der Waals surface area contributed by atoms with E-state index in [-0.39, 0.29) is 17.9 Å². The number of quaternary nitrogens is 2. The maximum atomic E-state index is 12.2. The molecule has 25 heavy (non-hydrogen) atoms. The molecule has 0 aromatic heterocycles. The van der Waals surface area contributed by atoms with E-state index in [0.29, 0.717) is 26.8 Å². The third kappa shape index (κ3) is 5.53. The van der Waals surface area contributed by atoms with Gasteiger partial charge in [0.1, 0.15) is 12.3 Å². The first-order valence-corrected chi connectivity index (χ1v) is 8.70. The third-order valence-electron chi connectivity index (χ3n) is 5.19. The average Bonchev–Trinajstić information content (AvgIpc) is 2.42. The number of ketones is 1. The summed E-state index contributed by atoms with van der Waals surface area (Å²) in [7, 11) is 9.97. The van der Waals surface area contributed by atoms with Gasteiger partial charge in [0.05, 0.1) is 40.8 Å². The lowest BCUT2D eigenvalue weighted by Gasteiger charge is -2.51. The highest BCUT2D eigenvalue weighted by atomic mass is 16.5. The summed E-state index contributed by atoms with van der Waals surface area (Å²) < 4.78 is 6.81. The van der Waals surface area contributed by atoms with Crippen LogP contribution in [0.4, 0.5) is 0 Å². The topological polar surface area (TPSA) is 46.5 Å². The van der Waals surface area contributed by atoms with Gasteiger partial charge in [-0.25, -0.2) is 0 Å². The van der Waals surface area contributed by atoms with E-state index in [2.05, 4.69) is 20.8 Å². The van der Waals surface area contributed by atoms with E-state index in [1.807, 2.05) is 35.2 Å². The average molecular weight is 353 g/mol. The van der Waals surface area contributed by atoms with E-state index in [9.17, 15) is 9.90 Å². The summed E-state index contributed by atoms with van der Waals surface area (Å²) in [5, 5.41) is 10.9. The molecule has 0 radical (unpaired) electrons. The summed E-state index contributed by atoms with van der Waals surface area (Å²) in [6.45, 7) is 8.69. The zero-order valence-electron chi connectivity index (χ0n) is 17.4. The van der Waals surface area contributed by atoms with Gasteiger partial charge in [0, 0.05) is 12.5 Å². The zero-order valence-corrected chi connectivity index (χ0v) is 17.4. The molecule has 5 heteroatoms. The van der Waals surface area contributed by atoms with Crippen molar-refractivity contribution in [2.45, 2.75) is 39.0 Å². The van der Waals surface area contributed by atoms with Crippen LogP contribution in [0.25, 0.3) is 0 Å². The molecule has 0 aliphatic carbocycles. The zero-order chi connectivity index (χ0) is 19.7. The van der Waals surface area contributed by atoms with Crippen molar-refractivity contribution in [1.29, 1.82) is 0 Å². The molecule has 1 rings (SSSR count). The van der Waals surface area contributed by atoms with Gasteiger partial charge < -0.3 is 14.3 Å². The Labute approximate surface area is 153 Å². The number of ether oxygens (including phenoxy) is 1. The number of carbonyl (C=O) groups excluding carboxylic acids is 1. The standard InChI is InChI=1S/C20H36N2O3/c1-19(2,3)22(8,9)20(4,24)15-25-17-12-10-16(11-13-17)18(23)14-21(5,6)7/h10-13,24H,14-15H2,1-9H3/q+2. The number of rotatable bonds is 7. The molecule has 0 heterocycles. The number of likely N-dealkylation sites (N-methyl/N-ethyl adjacent to an activating group) is 2. The lowest BCUT2D eigenvalue weighted by molar-refractivity contribution is -1.00. The van der Waals surface area contributed by atoms with Crippen LogP contribution in [0, 0.1) is 0 Å². The van der Waals surface area contributed by atoms with E-state index < -0.39 is 5.72 Å². The first-order valence-electron chi connectivity index (χ1n) is 8.70. The lowest BCUT2D eigenvalue weighted by atomic mass is 9.98. The maximum absolute atomic E-state index is 12.2. The van der Waals surface area contributed by atoms with Crippen molar-refractivity contribution in [2.24, 2.45) is 0 Å². The summed E-state index contributed by atoms with van der Waals surface area (Å²) >= 11 is 0. The summed E-state index contributed by atoms with van der Waals surface area (Å²) in [4.78, 5) is 12.2. The fraction of sp³-hybridized carbons (Fsp3) is 0.650. The normalized spacial score (nSPS) is 15.6. The third-order valence-corrected chi connectivity index (χ3v) is 5.19. The Morgan fingerprint density at radius 2 is 1.48 bits per heavy atom. The second-order valence-corrected chi connectivity index (χ2v) is 9.53. The van der Waals surface area contributed by atoms with Crippen LogP contribution in [0.2, 0.25) is 0 Å². The molecule has 5 nitrogen and oxygen atoms in total. The van der Waals surface area contributed by atoms with Gasteiger partial charge in [0.15, 0.2) is 6.61 Å². The van der Waals surface area contributed by atoms with Gasteiger partial charge in [-0.3, -0.25) is 9.28 Å². The molecule has 0 aliphatic heterocycles. The quantitative estimate of drug-likeness (QED) is 0.466. The molecule has 0 bridgehead atoms. The molecule has 0 spiro atoms. The Balaban J connectivity index is 2.78. The number of aliphatic hydroxyl groups is 1. The van der Waals surface area contributed by atoms with Crippen LogP contribution in [0.5, 0.6) is 5.75 Å². The number of carbonyl (C=O) groups is 1. The fourth-order valence-electron chi connectivity index (χ4n) is 2.36. The van der Waals surface area contributed by atoms with Crippen LogP contribution in [-0.2, 0) is 0 Å². The molecule has 1 unspecified atom stereocenters. The molecule has 142 valence electrons. The molecule has 0 aliphatic rings. The summed E-state index contributed by atoms with van der Waals surface area (Å²) in [5.41, 5.74) is -0.497. The van der Waals surface area contributed by atoms with Crippen LogP contribution < -0.4 is 4.74 Å². The minimum atomic E-state index is -1.05. The van der Waals surface area contributed by atoms with E-state index in [0.717, 1.165) is 0 Å². The highest BCUT2D eigenvalue weighted by Gasteiger charge is 2.47. The number of hydrogen-bond donors (Lipinski definition) is 1. The molecular weight excluding hydrogens is 316 g/mol. The van der Waals surface area contributed by atoms with E-state index in [1.165, 1.54) is 0 Å². The molecule has 1 N–H and O–H groups in total. The van der Waals surface area contributed by atoms with Crippen LogP contribution >= 0.6 is 0 Å². The second-order valence-electron chi connectivity index (χ2n) is 9.53. The Hall–Kier alpha value is -1.43. The Kier molecular flexibility index (Phi) is 6.10. The largest absolute Gasteiger partial charge is 0.484 e. The van der Waals surface area contributed by atoms with Gasteiger partial charge in [-0.05, 0) is 45.0 Å². The fourth-order valence-corrected chi connectivity index (χ4v) is 2.36. The predicted molar refractivity (Wildman–Crippen MR) is 102 cm³/mol. The van der Waals surface area contributed by atoms with Gasteiger partial charge >= 0.3 is 0 Å². The minimum Gasteiger partial charge on any atom is -0.484 e. The SMILES string of the molecule is CC(C)(C)[N+](C)(C)C(C)(O)COc1ccc(C(=O)C[N+](C)(C)C)cc1. The maximum Gasteiger partial charge on any atom is 0.232 e. The van der Waals surface area contributed by atoms with Gasteiger partial charge in [-0.15, -0.1) is 0 Å². The Morgan fingerprint density at radius 1 is 1.00 bits per heavy atom. The van der Waals surface area contributed by atoms with Crippen molar-refractivity contribution < 1.29 is 23.6 Å². The second kappa shape index (κ2) is 7.06. The number of benzene rings is 1.